The second kappa shape index (κ2) is 12.5. The molecule has 0 spiro atoms. The van der Waals surface area contributed by atoms with Crippen molar-refractivity contribution in [3.8, 4) is 0 Å². The maximum Gasteiger partial charge on any atom is 0.191 e. The number of halogens is 2. The van der Waals surface area contributed by atoms with Gasteiger partial charge in [-0.2, -0.15) is 0 Å². The van der Waals surface area contributed by atoms with Crippen LogP contribution in [0.3, 0.4) is 0 Å². The van der Waals surface area contributed by atoms with Gasteiger partial charge in [0.2, 0.25) is 0 Å². The molecular formula is C21H33ClIN7. The Kier molecular flexibility index (Phi) is 10.3. The first-order valence-electron chi connectivity index (χ1n) is 10.4. The van der Waals surface area contributed by atoms with E-state index < -0.39 is 0 Å². The molecule has 1 saturated heterocycles. The maximum atomic E-state index is 5.98. The van der Waals surface area contributed by atoms with Gasteiger partial charge in [-0.1, -0.05) is 30.7 Å². The number of nitrogens with one attached hydrogen (secondary N) is 2. The van der Waals surface area contributed by atoms with Gasteiger partial charge in [-0.05, 0) is 57.0 Å². The van der Waals surface area contributed by atoms with Crippen LogP contribution in [0.15, 0.2) is 29.3 Å². The molecule has 7 nitrogen and oxygen atoms in total. The highest BCUT2D eigenvalue weighted by molar-refractivity contribution is 14.0. The zero-order chi connectivity index (χ0) is 20.6. The van der Waals surface area contributed by atoms with Crippen LogP contribution < -0.4 is 10.6 Å². The Labute approximate surface area is 201 Å². The van der Waals surface area contributed by atoms with E-state index >= 15 is 0 Å². The van der Waals surface area contributed by atoms with E-state index in [4.69, 9.17) is 16.6 Å². The largest absolute Gasteiger partial charge is 0.356 e. The molecule has 0 saturated carbocycles. The Morgan fingerprint density at radius 1 is 1.23 bits per heavy atom. The van der Waals surface area contributed by atoms with Gasteiger partial charge < -0.3 is 15.2 Å². The Balaban J connectivity index is 0.00000320. The third kappa shape index (κ3) is 7.09. The van der Waals surface area contributed by atoms with Crippen LogP contribution in [0.25, 0.3) is 0 Å². The lowest BCUT2D eigenvalue weighted by atomic mass is 10.1. The lowest BCUT2D eigenvalue weighted by Gasteiger charge is -2.24. The monoisotopic (exact) mass is 545 g/mol. The predicted octanol–water partition coefficient (Wildman–Crippen LogP) is 3.16. The van der Waals surface area contributed by atoms with Gasteiger partial charge in [-0.25, -0.2) is 4.99 Å². The Hall–Kier alpha value is -1.39. The van der Waals surface area contributed by atoms with E-state index in [1.165, 1.54) is 24.9 Å². The van der Waals surface area contributed by atoms with Gasteiger partial charge in [0.25, 0.3) is 0 Å². The number of hydrogen-bond acceptors (Lipinski definition) is 4. The topological polar surface area (TPSA) is 70.4 Å². The molecule has 2 aromatic rings. The lowest BCUT2D eigenvalue weighted by molar-refractivity contribution is 0.267. The molecule has 0 bridgehead atoms. The fourth-order valence-corrected chi connectivity index (χ4v) is 3.77. The zero-order valence-corrected chi connectivity index (χ0v) is 21.2. The third-order valence-electron chi connectivity index (χ3n) is 5.59. The summed E-state index contributed by atoms with van der Waals surface area (Å²) in [6.07, 6.45) is 3.42. The number of likely N-dealkylation sites (N-methyl/N-ethyl adjacent to an activating group) is 1. The number of nitrogens with zero attached hydrogens (tertiary/aromatic N) is 5. The second-order valence-corrected chi connectivity index (χ2v) is 7.93. The van der Waals surface area contributed by atoms with E-state index in [-0.39, 0.29) is 24.0 Å². The minimum atomic E-state index is 0. The average Bonchev–Trinajstić information content (AvgIpc) is 3.31. The summed E-state index contributed by atoms with van der Waals surface area (Å²) in [5.41, 5.74) is 1.25. The lowest BCUT2D eigenvalue weighted by Crippen LogP contribution is -2.45. The van der Waals surface area contributed by atoms with Crippen molar-refractivity contribution in [3.63, 3.8) is 0 Å². The van der Waals surface area contributed by atoms with Crippen LogP contribution in [0.5, 0.6) is 0 Å². The molecular weight excluding hydrogens is 513 g/mol. The summed E-state index contributed by atoms with van der Waals surface area (Å²) in [5.74, 6) is 2.57. The Morgan fingerprint density at radius 3 is 2.67 bits per heavy atom. The maximum absolute atomic E-state index is 5.98. The molecule has 1 atom stereocenters. The number of likely N-dealkylation sites (tertiary alicyclic amines) is 1. The molecule has 0 amide bonds. The minimum Gasteiger partial charge on any atom is -0.356 e. The van der Waals surface area contributed by atoms with Crippen LogP contribution in [-0.4, -0.2) is 57.8 Å². The third-order valence-corrected chi connectivity index (χ3v) is 5.84. The molecule has 0 radical (unpaired) electrons. The molecule has 1 aliphatic rings. The SMILES string of the molecule is CCN1CCCC1CNC(=NCc1nnc(C)n1C)NCCc1ccc(Cl)cc1.I. The molecule has 2 heterocycles. The summed E-state index contributed by atoms with van der Waals surface area (Å²) < 4.78 is 1.98. The van der Waals surface area contributed by atoms with Gasteiger partial charge >= 0.3 is 0 Å². The number of hydrogen-bond donors (Lipinski definition) is 2. The summed E-state index contributed by atoms with van der Waals surface area (Å²) in [7, 11) is 1.97. The van der Waals surface area contributed by atoms with Crippen molar-refractivity contribution in [2.75, 3.05) is 26.2 Å². The van der Waals surface area contributed by atoms with Crippen LogP contribution in [0, 0.1) is 6.92 Å². The molecule has 2 N–H and O–H groups in total. The molecule has 1 aromatic carbocycles. The van der Waals surface area contributed by atoms with E-state index in [9.17, 15) is 0 Å². The number of rotatable bonds is 8. The van der Waals surface area contributed by atoms with Crippen LogP contribution in [-0.2, 0) is 20.0 Å². The van der Waals surface area contributed by atoms with Crippen molar-refractivity contribution >= 4 is 41.5 Å². The van der Waals surface area contributed by atoms with Gasteiger partial charge in [0.1, 0.15) is 12.4 Å². The van der Waals surface area contributed by atoms with Gasteiger partial charge in [0.05, 0.1) is 0 Å². The van der Waals surface area contributed by atoms with Crippen molar-refractivity contribution in [2.45, 2.75) is 45.7 Å². The highest BCUT2D eigenvalue weighted by Crippen LogP contribution is 2.15. The number of aryl methyl sites for hydroxylation is 1. The second-order valence-electron chi connectivity index (χ2n) is 7.50. The molecule has 0 aliphatic carbocycles. The standard InChI is InChI=1S/C21H32ClN7.HI/c1-4-29-13-5-6-19(29)14-24-21(25-15-20-27-26-16(2)28(20)3)23-12-11-17-7-9-18(22)10-8-17;/h7-10,19H,4-6,11-15H2,1-3H3,(H2,23,24,25);1H. The van der Waals surface area contributed by atoms with E-state index in [1.807, 2.05) is 30.7 Å². The smallest absolute Gasteiger partial charge is 0.191 e. The fraction of sp³-hybridized carbons (Fsp3) is 0.571. The molecule has 1 aromatic heterocycles. The minimum absolute atomic E-state index is 0. The molecule has 30 heavy (non-hydrogen) atoms. The van der Waals surface area contributed by atoms with E-state index in [1.54, 1.807) is 0 Å². The van der Waals surface area contributed by atoms with Crippen molar-refractivity contribution in [1.29, 1.82) is 0 Å². The summed E-state index contributed by atoms with van der Waals surface area (Å²) >= 11 is 5.98. The molecule has 1 fully saturated rings. The highest BCUT2D eigenvalue weighted by Gasteiger charge is 2.22. The molecule has 1 unspecified atom stereocenters. The Bertz CT molecular complexity index is 806. The van der Waals surface area contributed by atoms with Crippen molar-refractivity contribution in [3.05, 3.63) is 46.5 Å². The molecule has 3 rings (SSSR count). The quantitative estimate of drug-likeness (QED) is 0.303. The molecule has 166 valence electrons. The zero-order valence-electron chi connectivity index (χ0n) is 18.1. The summed E-state index contributed by atoms with van der Waals surface area (Å²) in [4.78, 5) is 7.29. The molecule has 9 heteroatoms. The van der Waals surface area contributed by atoms with Gasteiger partial charge in [0.15, 0.2) is 11.8 Å². The first-order valence-corrected chi connectivity index (χ1v) is 10.8. The van der Waals surface area contributed by atoms with Crippen LogP contribution in [0.4, 0.5) is 0 Å². The predicted molar refractivity (Wildman–Crippen MR) is 134 cm³/mol. The van der Waals surface area contributed by atoms with Gasteiger partial charge in [-0.15, -0.1) is 34.2 Å². The van der Waals surface area contributed by atoms with Crippen molar-refractivity contribution in [2.24, 2.45) is 12.0 Å². The summed E-state index contributed by atoms with van der Waals surface area (Å²) in [6, 6.07) is 8.56. The molecule has 1 aliphatic heterocycles. The van der Waals surface area contributed by atoms with Crippen LogP contribution >= 0.6 is 35.6 Å². The van der Waals surface area contributed by atoms with E-state index in [0.717, 1.165) is 48.7 Å². The number of guanidine groups is 1. The van der Waals surface area contributed by atoms with Gasteiger partial charge in [-0.3, -0.25) is 4.90 Å². The van der Waals surface area contributed by atoms with Crippen LogP contribution in [0.1, 0.15) is 37.0 Å². The van der Waals surface area contributed by atoms with E-state index in [2.05, 4.69) is 44.8 Å². The van der Waals surface area contributed by atoms with Crippen molar-refractivity contribution < 1.29 is 0 Å². The van der Waals surface area contributed by atoms with Crippen LogP contribution in [0.2, 0.25) is 5.02 Å². The number of benzene rings is 1. The highest BCUT2D eigenvalue weighted by atomic mass is 127. The average molecular weight is 546 g/mol. The van der Waals surface area contributed by atoms with Crippen molar-refractivity contribution in [1.82, 2.24) is 30.3 Å². The fourth-order valence-electron chi connectivity index (χ4n) is 3.65. The Morgan fingerprint density at radius 2 is 2.00 bits per heavy atom. The van der Waals surface area contributed by atoms with E-state index in [0.29, 0.717) is 12.6 Å². The number of aliphatic imine (C=N–C) groups is 1. The van der Waals surface area contributed by atoms with Gasteiger partial charge in [0, 0.05) is 31.2 Å². The summed E-state index contributed by atoms with van der Waals surface area (Å²) in [6.45, 7) is 8.66. The first kappa shape index (κ1) is 24.9. The summed E-state index contributed by atoms with van der Waals surface area (Å²) in [5, 5.41) is 16.1. The first-order chi connectivity index (χ1) is 14.1. The normalized spacial score (nSPS) is 17.1. The number of aromatic nitrogens is 3.